The van der Waals surface area contributed by atoms with Crippen molar-refractivity contribution in [1.82, 2.24) is 10.3 Å². The Kier molecular flexibility index (Phi) is 6.09. The fourth-order valence-electron chi connectivity index (χ4n) is 1.95. The summed E-state index contributed by atoms with van der Waals surface area (Å²) < 4.78 is 5.35. The molecule has 1 heterocycles. The maximum atomic E-state index is 5.99. The normalized spacial score (nSPS) is 14.4. The van der Waals surface area contributed by atoms with Gasteiger partial charge in [-0.25, -0.2) is 4.98 Å². The predicted octanol–water partition coefficient (Wildman–Crippen LogP) is 2.44. The topological polar surface area (TPSA) is 60.2 Å². The van der Waals surface area contributed by atoms with Crippen molar-refractivity contribution in [3.8, 4) is 0 Å². The molecule has 4 heteroatoms. The summed E-state index contributed by atoms with van der Waals surface area (Å²) in [7, 11) is 1.74. The van der Waals surface area contributed by atoms with Gasteiger partial charge in [-0.05, 0) is 44.9 Å². The molecule has 1 aromatic rings. The molecule has 0 amide bonds. The monoisotopic (exact) mass is 251 g/mol. The van der Waals surface area contributed by atoms with Gasteiger partial charge in [-0.1, -0.05) is 6.92 Å². The van der Waals surface area contributed by atoms with E-state index in [9.17, 15) is 0 Å². The van der Waals surface area contributed by atoms with Crippen LogP contribution in [0.3, 0.4) is 0 Å². The van der Waals surface area contributed by atoms with E-state index in [1.807, 2.05) is 6.92 Å². The van der Waals surface area contributed by atoms with Crippen molar-refractivity contribution in [3.05, 3.63) is 23.4 Å². The molecule has 0 aliphatic carbocycles. The number of hydrogen-bond donors (Lipinski definition) is 2. The molecule has 0 saturated carbocycles. The Morgan fingerprint density at radius 1 is 1.50 bits per heavy atom. The van der Waals surface area contributed by atoms with Crippen LogP contribution < -0.4 is 11.1 Å². The van der Waals surface area contributed by atoms with E-state index in [1.165, 1.54) is 0 Å². The lowest BCUT2D eigenvalue weighted by Crippen LogP contribution is -2.27. The number of anilines is 1. The molecule has 18 heavy (non-hydrogen) atoms. The molecule has 102 valence electrons. The van der Waals surface area contributed by atoms with E-state index < -0.39 is 0 Å². The third-order valence-electron chi connectivity index (χ3n) is 3.07. The Morgan fingerprint density at radius 3 is 2.83 bits per heavy atom. The zero-order chi connectivity index (χ0) is 13.5. The fourth-order valence-corrected chi connectivity index (χ4v) is 1.95. The van der Waals surface area contributed by atoms with E-state index in [2.05, 4.69) is 30.2 Å². The van der Waals surface area contributed by atoms with Gasteiger partial charge in [0.05, 0.1) is 6.10 Å². The second kappa shape index (κ2) is 7.34. The number of methoxy groups -OCH3 is 1. The first-order valence-corrected chi connectivity index (χ1v) is 6.56. The van der Waals surface area contributed by atoms with Crippen LogP contribution in [0.2, 0.25) is 0 Å². The average molecular weight is 251 g/mol. The Hall–Kier alpha value is -1.13. The predicted molar refractivity (Wildman–Crippen MR) is 75.5 cm³/mol. The molecule has 0 radical (unpaired) electrons. The third kappa shape index (κ3) is 4.27. The van der Waals surface area contributed by atoms with Gasteiger partial charge in [0.1, 0.15) is 5.82 Å². The summed E-state index contributed by atoms with van der Waals surface area (Å²) in [5.74, 6) is 0.609. The standard InChI is InChI=1S/C14H25N3O/c1-5-6-16-13(8-11(3)18-4)12-7-10(2)9-17-14(12)15/h7,9,11,13,16H,5-6,8H2,1-4H3,(H2,15,17). The van der Waals surface area contributed by atoms with Gasteiger partial charge in [0.15, 0.2) is 0 Å². The lowest BCUT2D eigenvalue weighted by molar-refractivity contribution is 0.100. The summed E-state index contributed by atoms with van der Waals surface area (Å²) in [5, 5.41) is 3.52. The maximum absolute atomic E-state index is 5.99. The molecule has 2 unspecified atom stereocenters. The molecular weight excluding hydrogens is 226 g/mol. The van der Waals surface area contributed by atoms with Gasteiger partial charge in [-0.3, -0.25) is 0 Å². The summed E-state index contributed by atoms with van der Waals surface area (Å²) >= 11 is 0. The smallest absolute Gasteiger partial charge is 0.128 e. The third-order valence-corrected chi connectivity index (χ3v) is 3.07. The summed E-state index contributed by atoms with van der Waals surface area (Å²) in [5.41, 5.74) is 8.20. The minimum absolute atomic E-state index is 0.194. The lowest BCUT2D eigenvalue weighted by atomic mass is 10.00. The number of pyridine rings is 1. The van der Waals surface area contributed by atoms with Gasteiger partial charge in [0, 0.05) is 24.9 Å². The highest BCUT2D eigenvalue weighted by atomic mass is 16.5. The van der Waals surface area contributed by atoms with E-state index in [0.717, 1.165) is 30.5 Å². The van der Waals surface area contributed by atoms with Gasteiger partial charge in [0.25, 0.3) is 0 Å². The molecule has 3 N–H and O–H groups in total. The van der Waals surface area contributed by atoms with Crippen LogP contribution in [0.5, 0.6) is 0 Å². The quantitative estimate of drug-likeness (QED) is 0.781. The summed E-state index contributed by atoms with van der Waals surface area (Å²) in [6, 6.07) is 2.31. The Morgan fingerprint density at radius 2 is 2.22 bits per heavy atom. The average Bonchev–Trinajstić information content (AvgIpc) is 2.37. The molecule has 0 spiro atoms. The molecule has 0 aromatic carbocycles. The largest absolute Gasteiger partial charge is 0.383 e. The molecule has 1 aromatic heterocycles. The highest BCUT2D eigenvalue weighted by Gasteiger charge is 2.17. The lowest BCUT2D eigenvalue weighted by Gasteiger charge is -2.23. The molecule has 1 rings (SSSR count). The van der Waals surface area contributed by atoms with E-state index in [1.54, 1.807) is 13.3 Å². The first kappa shape index (κ1) is 14.9. The van der Waals surface area contributed by atoms with Gasteiger partial charge < -0.3 is 15.8 Å². The van der Waals surface area contributed by atoms with Crippen LogP contribution in [0, 0.1) is 6.92 Å². The van der Waals surface area contributed by atoms with Crippen LogP contribution in [0.4, 0.5) is 5.82 Å². The highest BCUT2D eigenvalue weighted by Crippen LogP contribution is 2.24. The molecule has 2 atom stereocenters. The molecular formula is C14H25N3O. The van der Waals surface area contributed by atoms with Crippen LogP contribution in [-0.2, 0) is 4.74 Å². The number of nitrogens with two attached hydrogens (primary N) is 1. The number of rotatable bonds is 7. The first-order chi connectivity index (χ1) is 8.58. The van der Waals surface area contributed by atoms with E-state index in [4.69, 9.17) is 10.5 Å². The van der Waals surface area contributed by atoms with Crippen molar-refractivity contribution in [3.63, 3.8) is 0 Å². The van der Waals surface area contributed by atoms with Gasteiger partial charge >= 0.3 is 0 Å². The molecule has 0 saturated heterocycles. The second-order valence-electron chi connectivity index (χ2n) is 4.78. The minimum atomic E-state index is 0.194. The SMILES string of the molecule is CCCNC(CC(C)OC)c1cc(C)cnc1N. The maximum Gasteiger partial charge on any atom is 0.128 e. The van der Waals surface area contributed by atoms with E-state index >= 15 is 0 Å². The van der Waals surface area contributed by atoms with Gasteiger partial charge in [-0.15, -0.1) is 0 Å². The number of ether oxygens (including phenoxy) is 1. The summed E-state index contributed by atoms with van der Waals surface area (Å²) in [4.78, 5) is 4.24. The van der Waals surface area contributed by atoms with Crippen molar-refractivity contribution >= 4 is 5.82 Å². The van der Waals surface area contributed by atoms with Gasteiger partial charge in [0.2, 0.25) is 0 Å². The zero-order valence-corrected chi connectivity index (χ0v) is 11.9. The van der Waals surface area contributed by atoms with Crippen molar-refractivity contribution in [2.75, 3.05) is 19.4 Å². The molecule has 0 aliphatic rings. The number of aromatic nitrogens is 1. The van der Waals surface area contributed by atoms with Crippen LogP contribution in [0.15, 0.2) is 12.3 Å². The number of nitrogens with zero attached hydrogens (tertiary/aromatic N) is 1. The molecule has 0 bridgehead atoms. The molecule has 0 aliphatic heterocycles. The highest BCUT2D eigenvalue weighted by molar-refractivity contribution is 5.43. The van der Waals surface area contributed by atoms with Crippen molar-refractivity contribution < 1.29 is 4.74 Å². The van der Waals surface area contributed by atoms with Crippen molar-refractivity contribution in [2.24, 2.45) is 0 Å². The fraction of sp³-hybridized carbons (Fsp3) is 0.643. The second-order valence-corrected chi connectivity index (χ2v) is 4.78. The van der Waals surface area contributed by atoms with Crippen LogP contribution in [0.25, 0.3) is 0 Å². The van der Waals surface area contributed by atoms with Gasteiger partial charge in [-0.2, -0.15) is 0 Å². The van der Waals surface area contributed by atoms with E-state index in [-0.39, 0.29) is 12.1 Å². The number of hydrogen-bond acceptors (Lipinski definition) is 4. The number of nitrogen functional groups attached to an aromatic ring is 1. The van der Waals surface area contributed by atoms with Crippen LogP contribution >= 0.6 is 0 Å². The summed E-state index contributed by atoms with van der Waals surface area (Å²) in [6.07, 6.45) is 3.98. The molecule has 4 nitrogen and oxygen atoms in total. The van der Waals surface area contributed by atoms with Crippen LogP contribution in [-0.4, -0.2) is 24.7 Å². The zero-order valence-electron chi connectivity index (χ0n) is 11.9. The van der Waals surface area contributed by atoms with Crippen LogP contribution in [0.1, 0.15) is 43.9 Å². The first-order valence-electron chi connectivity index (χ1n) is 6.56. The van der Waals surface area contributed by atoms with Crippen molar-refractivity contribution in [2.45, 2.75) is 45.8 Å². The number of aryl methyl sites for hydroxylation is 1. The van der Waals surface area contributed by atoms with E-state index in [0.29, 0.717) is 5.82 Å². The minimum Gasteiger partial charge on any atom is -0.383 e. The Balaban J connectivity index is 2.89. The molecule has 0 fully saturated rings. The number of nitrogens with one attached hydrogen (secondary N) is 1. The van der Waals surface area contributed by atoms with Crippen molar-refractivity contribution in [1.29, 1.82) is 0 Å². The summed E-state index contributed by atoms with van der Waals surface area (Å²) in [6.45, 7) is 7.22. The Bertz CT molecular complexity index is 368. The Labute approximate surface area is 110 Å².